The minimum absolute atomic E-state index is 0.0259. The summed E-state index contributed by atoms with van der Waals surface area (Å²) in [7, 11) is 0. The van der Waals surface area contributed by atoms with Crippen molar-refractivity contribution < 1.29 is 26.3 Å². The topological polar surface area (TPSA) is 43.5 Å². The van der Waals surface area contributed by atoms with Gasteiger partial charge in [0.15, 0.2) is 0 Å². The number of para-hydroxylation sites is 6. The van der Waals surface area contributed by atoms with Crippen LogP contribution in [0.1, 0.15) is 16.7 Å². The highest BCUT2D eigenvalue weighted by Crippen LogP contribution is 2.47. The fourth-order valence-corrected chi connectivity index (χ4v) is 11.6. The number of nitriles is 1. The largest absolute Gasteiger partial charge is 0.417 e. The predicted octanol–water partition coefficient (Wildman–Crippen LogP) is 17.7. The van der Waals surface area contributed by atoms with Gasteiger partial charge >= 0.3 is 12.4 Å². The van der Waals surface area contributed by atoms with Crippen LogP contribution >= 0.6 is 0 Å². The molecule has 4 aromatic heterocycles. The highest BCUT2D eigenvalue weighted by atomic mass is 19.4. The number of hydrogen-bond donors (Lipinski definition) is 0. The number of aromatic nitrogens is 4. The number of fused-ring (bicyclic) bond motifs is 12. The van der Waals surface area contributed by atoms with Crippen molar-refractivity contribution in [1.82, 2.24) is 18.3 Å². The van der Waals surface area contributed by atoms with Crippen LogP contribution in [0.4, 0.5) is 26.3 Å². The maximum absolute atomic E-state index is 15.5. The van der Waals surface area contributed by atoms with Crippen LogP contribution in [-0.4, -0.2) is 18.3 Å². The van der Waals surface area contributed by atoms with Crippen molar-refractivity contribution in [2.75, 3.05) is 0 Å². The average molecular weight is 976 g/mol. The van der Waals surface area contributed by atoms with Crippen LogP contribution in [0.2, 0.25) is 0 Å². The van der Waals surface area contributed by atoms with Crippen molar-refractivity contribution in [2.24, 2.45) is 0 Å². The molecule has 5 nitrogen and oxygen atoms in total. The van der Waals surface area contributed by atoms with Crippen LogP contribution < -0.4 is 0 Å². The molecule has 10 aromatic carbocycles. The van der Waals surface area contributed by atoms with E-state index in [2.05, 4.69) is 75.9 Å². The first kappa shape index (κ1) is 43.3. The molecule has 0 saturated heterocycles. The molecule has 74 heavy (non-hydrogen) atoms. The van der Waals surface area contributed by atoms with Crippen LogP contribution in [0.5, 0.6) is 0 Å². The molecule has 14 rings (SSSR count). The Bertz CT molecular complexity index is 4620. The van der Waals surface area contributed by atoms with E-state index in [0.29, 0.717) is 28.1 Å². The smallest absolute Gasteiger partial charge is 0.309 e. The molecule has 11 heteroatoms. The highest BCUT2D eigenvalue weighted by molar-refractivity contribution is 6.14. The molecule has 0 aliphatic rings. The molecule has 0 bridgehead atoms. The lowest BCUT2D eigenvalue weighted by Gasteiger charge is -2.22. The normalized spacial score (nSPS) is 12.4. The molecule has 0 aliphatic heterocycles. The van der Waals surface area contributed by atoms with Crippen molar-refractivity contribution >= 4 is 87.2 Å². The fourth-order valence-electron chi connectivity index (χ4n) is 11.6. The third-order valence-corrected chi connectivity index (χ3v) is 14.6. The standard InChI is InChI=1S/C63H35F6N5/c64-62(65,66)38-25-28-41(51(32-38)63(67,68)69)50-35-60(73-56-23-11-5-17-46(56)48-33-39(26-29-58(48)73)71-52-19-7-1-13-42(52)43-14-2-8-20-53(43)71)37(36-70)31-61(50)74-57-24-12-6-18-47(57)49-34-40(27-30-59(49)74)72-54-21-9-3-15-44(54)45-16-4-10-22-55(45)72/h1-35H. The molecule has 354 valence electrons. The van der Waals surface area contributed by atoms with Gasteiger partial charge in [0.2, 0.25) is 0 Å². The lowest BCUT2D eigenvalue weighted by atomic mass is 9.93. The number of alkyl halides is 6. The highest BCUT2D eigenvalue weighted by Gasteiger charge is 2.39. The zero-order valence-electron chi connectivity index (χ0n) is 38.7. The fraction of sp³-hybridized carbons (Fsp3) is 0.0317. The summed E-state index contributed by atoms with van der Waals surface area (Å²) < 4.78 is 97.7. The van der Waals surface area contributed by atoms with Gasteiger partial charge < -0.3 is 18.3 Å². The summed E-state index contributed by atoms with van der Waals surface area (Å²) in [6, 6.07) is 66.9. The van der Waals surface area contributed by atoms with Crippen LogP contribution in [-0.2, 0) is 12.4 Å². The first-order chi connectivity index (χ1) is 36.0. The summed E-state index contributed by atoms with van der Waals surface area (Å²) in [5.74, 6) is 0. The predicted molar refractivity (Wildman–Crippen MR) is 284 cm³/mol. The summed E-state index contributed by atoms with van der Waals surface area (Å²) in [6.45, 7) is 0. The summed E-state index contributed by atoms with van der Waals surface area (Å²) >= 11 is 0. The van der Waals surface area contributed by atoms with Gasteiger partial charge in [-0.15, -0.1) is 0 Å². The maximum Gasteiger partial charge on any atom is 0.417 e. The van der Waals surface area contributed by atoms with Crippen molar-refractivity contribution in [2.45, 2.75) is 12.4 Å². The molecule has 4 heterocycles. The maximum atomic E-state index is 15.5. The molecule has 0 amide bonds. The Morgan fingerprint density at radius 3 is 1.07 bits per heavy atom. The van der Waals surface area contributed by atoms with Crippen LogP contribution in [0.25, 0.3) is 121 Å². The van der Waals surface area contributed by atoms with E-state index in [9.17, 15) is 18.4 Å². The minimum atomic E-state index is -5.21. The zero-order valence-corrected chi connectivity index (χ0v) is 38.7. The molecule has 14 aromatic rings. The van der Waals surface area contributed by atoms with Crippen LogP contribution in [0, 0.1) is 11.3 Å². The molecule has 0 fully saturated rings. The molecule has 0 radical (unpaired) electrons. The molecule has 0 atom stereocenters. The lowest BCUT2D eigenvalue weighted by Crippen LogP contribution is -2.13. The molecule has 0 unspecified atom stereocenters. The van der Waals surface area contributed by atoms with Gasteiger partial charge in [-0.1, -0.05) is 115 Å². The van der Waals surface area contributed by atoms with E-state index in [4.69, 9.17) is 0 Å². The third kappa shape index (κ3) is 6.31. The van der Waals surface area contributed by atoms with Crippen LogP contribution in [0.15, 0.2) is 212 Å². The van der Waals surface area contributed by atoms with Gasteiger partial charge in [-0.3, -0.25) is 0 Å². The van der Waals surface area contributed by atoms with Gasteiger partial charge in [0.1, 0.15) is 6.07 Å². The quantitative estimate of drug-likeness (QED) is 0.159. The molecular formula is C63H35F6N5. The van der Waals surface area contributed by atoms with E-state index >= 15 is 13.2 Å². The van der Waals surface area contributed by atoms with Crippen molar-refractivity contribution in [3.8, 4) is 39.9 Å². The number of benzene rings is 10. The first-order valence-corrected chi connectivity index (χ1v) is 23.9. The van der Waals surface area contributed by atoms with Crippen molar-refractivity contribution in [3.05, 3.63) is 229 Å². The average Bonchev–Trinajstić information content (AvgIpc) is 4.16. The Kier molecular flexibility index (Phi) is 9.20. The number of nitrogens with zero attached hydrogens (tertiary/aromatic N) is 5. The second kappa shape index (κ2) is 15.7. The van der Waals surface area contributed by atoms with Crippen molar-refractivity contribution in [1.29, 1.82) is 5.26 Å². The SMILES string of the molecule is N#Cc1cc(-n2c3ccccc3c3cc(-n4c5ccccc5c5ccccc54)ccc32)c(-c2ccc(C(F)(F)F)cc2C(F)(F)F)cc1-n1c2ccccc2c2cc(-n3c4ccccc4c4ccccc43)ccc21. The monoisotopic (exact) mass is 975 g/mol. The third-order valence-electron chi connectivity index (χ3n) is 14.6. The zero-order chi connectivity index (χ0) is 50.2. The van der Waals surface area contributed by atoms with Gasteiger partial charge in [-0.2, -0.15) is 31.6 Å². The number of rotatable bonds is 5. The van der Waals surface area contributed by atoms with Crippen molar-refractivity contribution in [3.63, 3.8) is 0 Å². The Morgan fingerprint density at radius 2 is 0.676 bits per heavy atom. The molecule has 0 N–H and O–H groups in total. The van der Waals surface area contributed by atoms with Gasteiger partial charge in [0, 0.05) is 60.0 Å². The Labute approximate surface area is 416 Å². The first-order valence-electron chi connectivity index (χ1n) is 23.9. The van der Waals surface area contributed by atoms with E-state index in [0.717, 1.165) is 82.6 Å². The number of hydrogen-bond acceptors (Lipinski definition) is 1. The van der Waals surface area contributed by atoms with E-state index in [1.165, 1.54) is 6.07 Å². The summed E-state index contributed by atoms with van der Waals surface area (Å²) in [5, 5.41) is 18.8. The molecule has 0 aliphatic carbocycles. The Hall–Kier alpha value is -9.53. The summed E-state index contributed by atoms with van der Waals surface area (Å²) in [5.41, 5.74) is 5.47. The molecule has 0 saturated carbocycles. The van der Waals surface area contributed by atoms with E-state index in [-0.39, 0.29) is 28.6 Å². The molecular weight excluding hydrogens is 941 g/mol. The Morgan fingerprint density at radius 1 is 0.311 bits per heavy atom. The van der Waals surface area contributed by atoms with Gasteiger partial charge in [0.25, 0.3) is 0 Å². The number of halogens is 6. The minimum Gasteiger partial charge on any atom is -0.309 e. The van der Waals surface area contributed by atoms with Gasteiger partial charge in [-0.05, 0) is 103 Å². The lowest BCUT2D eigenvalue weighted by molar-refractivity contribution is -0.142. The second-order valence-electron chi connectivity index (χ2n) is 18.6. The van der Waals surface area contributed by atoms with E-state index in [1.54, 1.807) is 6.07 Å². The summed E-state index contributed by atoms with van der Waals surface area (Å²) in [4.78, 5) is 0. The second-order valence-corrected chi connectivity index (χ2v) is 18.6. The van der Waals surface area contributed by atoms with Gasteiger partial charge in [0.05, 0.1) is 72.2 Å². The Balaban J connectivity index is 1.06. The van der Waals surface area contributed by atoms with E-state index in [1.807, 2.05) is 130 Å². The van der Waals surface area contributed by atoms with Gasteiger partial charge in [-0.25, -0.2) is 0 Å². The van der Waals surface area contributed by atoms with Crippen LogP contribution in [0.3, 0.4) is 0 Å². The molecule has 0 spiro atoms. The van der Waals surface area contributed by atoms with E-state index < -0.39 is 29.0 Å². The summed E-state index contributed by atoms with van der Waals surface area (Å²) in [6.07, 6.45) is -10.3.